The van der Waals surface area contributed by atoms with Crippen LogP contribution in [0.25, 0.3) is 0 Å². The molecule has 1 saturated heterocycles. The van der Waals surface area contributed by atoms with Crippen LogP contribution in [0.15, 0.2) is 18.2 Å². The van der Waals surface area contributed by atoms with Gasteiger partial charge in [0.1, 0.15) is 0 Å². The van der Waals surface area contributed by atoms with Gasteiger partial charge in [-0.05, 0) is 17.7 Å². The third-order valence-corrected chi connectivity index (χ3v) is 2.80. The Morgan fingerprint density at radius 2 is 2.15 bits per heavy atom. The zero-order valence-corrected chi connectivity index (χ0v) is 8.27. The van der Waals surface area contributed by atoms with Crippen LogP contribution in [0.5, 0.6) is 0 Å². The van der Waals surface area contributed by atoms with Crippen molar-refractivity contribution in [2.45, 2.75) is 12.3 Å². The normalized spacial score (nSPS) is 19.5. The molecule has 2 N–H and O–H groups in total. The van der Waals surface area contributed by atoms with Gasteiger partial charge in [-0.25, -0.2) is 0 Å². The number of benzene rings is 1. The molecule has 2 nitrogen and oxygen atoms in total. The molecule has 1 aliphatic heterocycles. The second-order valence-corrected chi connectivity index (χ2v) is 4.20. The smallest absolute Gasteiger partial charge is 0.0583 e. The molecule has 0 spiro atoms. The van der Waals surface area contributed by atoms with Crippen molar-refractivity contribution in [2.24, 2.45) is 0 Å². The third-order valence-electron chi connectivity index (χ3n) is 2.48. The van der Waals surface area contributed by atoms with Crippen LogP contribution in [0.3, 0.4) is 0 Å². The Hall–Kier alpha value is -0.730. The van der Waals surface area contributed by atoms with Crippen LogP contribution in [-0.4, -0.2) is 13.2 Å². The molecule has 0 saturated carbocycles. The molecule has 0 aromatic heterocycles. The maximum Gasteiger partial charge on any atom is 0.0583 e. The van der Waals surface area contributed by atoms with E-state index < -0.39 is 0 Å². The second kappa shape index (κ2) is 2.89. The van der Waals surface area contributed by atoms with Crippen LogP contribution in [0.4, 0.5) is 5.69 Å². The Balaban J connectivity index is 2.40. The van der Waals surface area contributed by atoms with E-state index in [2.05, 4.69) is 6.92 Å². The molecule has 0 radical (unpaired) electrons. The van der Waals surface area contributed by atoms with Gasteiger partial charge in [-0.1, -0.05) is 24.6 Å². The van der Waals surface area contributed by atoms with Gasteiger partial charge in [0.05, 0.1) is 13.2 Å². The van der Waals surface area contributed by atoms with Gasteiger partial charge in [0.15, 0.2) is 0 Å². The van der Waals surface area contributed by atoms with E-state index in [1.165, 1.54) is 0 Å². The van der Waals surface area contributed by atoms with Gasteiger partial charge in [0.25, 0.3) is 0 Å². The summed E-state index contributed by atoms with van der Waals surface area (Å²) in [5, 5.41) is 0.741. The maximum atomic E-state index is 6.09. The summed E-state index contributed by atoms with van der Waals surface area (Å²) in [6.45, 7) is 3.64. The molecular formula is C10H12ClNO. The summed E-state index contributed by atoms with van der Waals surface area (Å²) in [7, 11) is 0. The van der Waals surface area contributed by atoms with Crippen LogP contribution in [0.2, 0.25) is 5.02 Å². The monoisotopic (exact) mass is 197 g/mol. The molecule has 2 rings (SSSR count). The number of hydrogen-bond acceptors (Lipinski definition) is 2. The third kappa shape index (κ3) is 1.40. The van der Waals surface area contributed by atoms with Crippen molar-refractivity contribution in [1.29, 1.82) is 0 Å². The molecule has 3 heteroatoms. The van der Waals surface area contributed by atoms with E-state index in [0.29, 0.717) is 5.69 Å². The van der Waals surface area contributed by atoms with E-state index >= 15 is 0 Å². The molecule has 1 heterocycles. The van der Waals surface area contributed by atoms with Crippen molar-refractivity contribution < 1.29 is 4.74 Å². The van der Waals surface area contributed by atoms with Crippen LogP contribution >= 0.6 is 11.6 Å². The molecule has 0 unspecified atom stereocenters. The van der Waals surface area contributed by atoms with E-state index in [4.69, 9.17) is 22.1 Å². The lowest BCUT2D eigenvalue weighted by Gasteiger charge is -2.39. The van der Waals surface area contributed by atoms with E-state index in [0.717, 1.165) is 23.8 Å². The predicted molar refractivity (Wildman–Crippen MR) is 54.0 cm³/mol. The van der Waals surface area contributed by atoms with Gasteiger partial charge in [-0.2, -0.15) is 0 Å². The number of rotatable bonds is 1. The molecule has 70 valence electrons. The van der Waals surface area contributed by atoms with Crippen molar-refractivity contribution in [3.8, 4) is 0 Å². The van der Waals surface area contributed by atoms with Crippen molar-refractivity contribution >= 4 is 17.3 Å². The molecule has 1 aromatic carbocycles. The van der Waals surface area contributed by atoms with Crippen molar-refractivity contribution in [2.75, 3.05) is 18.9 Å². The Labute approximate surface area is 82.6 Å². The molecule has 1 aliphatic rings. The Kier molecular flexibility index (Phi) is 1.97. The highest BCUT2D eigenvalue weighted by Crippen LogP contribution is 2.36. The van der Waals surface area contributed by atoms with Gasteiger partial charge in [-0.15, -0.1) is 0 Å². The number of halogens is 1. The minimum absolute atomic E-state index is 0.0881. The first kappa shape index (κ1) is 8.85. The first-order chi connectivity index (χ1) is 6.12. The van der Waals surface area contributed by atoms with E-state index in [1.807, 2.05) is 12.1 Å². The lowest BCUT2D eigenvalue weighted by Crippen LogP contribution is -2.44. The highest BCUT2D eigenvalue weighted by molar-refractivity contribution is 6.31. The molecule has 1 aromatic rings. The van der Waals surface area contributed by atoms with Gasteiger partial charge < -0.3 is 10.5 Å². The topological polar surface area (TPSA) is 35.2 Å². The average Bonchev–Trinajstić information content (AvgIpc) is 2.00. The fraction of sp³-hybridized carbons (Fsp3) is 0.400. The summed E-state index contributed by atoms with van der Waals surface area (Å²) < 4.78 is 5.19. The Morgan fingerprint density at radius 1 is 1.46 bits per heavy atom. The highest BCUT2D eigenvalue weighted by atomic mass is 35.5. The zero-order valence-electron chi connectivity index (χ0n) is 7.51. The van der Waals surface area contributed by atoms with Gasteiger partial charge in [0.2, 0.25) is 0 Å². The van der Waals surface area contributed by atoms with E-state index in [9.17, 15) is 0 Å². The fourth-order valence-electron chi connectivity index (χ4n) is 1.58. The summed E-state index contributed by atoms with van der Waals surface area (Å²) in [6, 6.07) is 5.66. The maximum absolute atomic E-state index is 6.09. The lowest BCUT2D eigenvalue weighted by molar-refractivity contribution is -0.0499. The van der Waals surface area contributed by atoms with E-state index in [1.54, 1.807) is 6.07 Å². The predicted octanol–water partition coefficient (Wildman–Crippen LogP) is 2.21. The van der Waals surface area contributed by atoms with E-state index in [-0.39, 0.29) is 5.41 Å². The summed E-state index contributed by atoms with van der Waals surface area (Å²) in [6.07, 6.45) is 0. The van der Waals surface area contributed by atoms with Crippen molar-refractivity contribution in [3.05, 3.63) is 28.8 Å². The standard InChI is InChI=1S/C10H12ClNO/c1-10(5-13-6-10)8-3-2-7(12)4-9(8)11/h2-4H,5-6,12H2,1H3. The SMILES string of the molecule is CC1(c2ccc(N)cc2Cl)COC1. The number of anilines is 1. The quantitative estimate of drug-likeness (QED) is 0.701. The number of nitrogen functional groups attached to an aromatic ring is 1. The zero-order chi connectivity index (χ0) is 9.47. The summed E-state index contributed by atoms with van der Waals surface area (Å²) in [5.41, 5.74) is 7.54. The van der Waals surface area contributed by atoms with Crippen LogP contribution in [-0.2, 0) is 10.2 Å². The summed E-state index contributed by atoms with van der Waals surface area (Å²) >= 11 is 6.09. The molecule has 1 fully saturated rings. The fourth-order valence-corrected chi connectivity index (χ4v) is 2.00. The molecule has 0 amide bonds. The van der Waals surface area contributed by atoms with Crippen LogP contribution < -0.4 is 5.73 Å². The average molecular weight is 198 g/mol. The number of nitrogens with two attached hydrogens (primary N) is 1. The van der Waals surface area contributed by atoms with Crippen molar-refractivity contribution in [3.63, 3.8) is 0 Å². The molecule has 13 heavy (non-hydrogen) atoms. The largest absolute Gasteiger partial charge is 0.399 e. The molecule has 0 atom stereocenters. The highest BCUT2D eigenvalue weighted by Gasteiger charge is 2.36. The minimum Gasteiger partial charge on any atom is -0.399 e. The molecule has 0 bridgehead atoms. The van der Waals surface area contributed by atoms with Gasteiger partial charge in [-0.3, -0.25) is 0 Å². The van der Waals surface area contributed by atoms with Crippen LogP contribution in [0, 0.1) is 0 Å². The molecular weight excluding hydrogens is 186 g/mol. The van der Waals surface area contributed by atoms with Gasteiger partial charge in [0, 0.05) is 16.1 Å². The Bertz CT molecular complexity index is 334. The lowest BCUT2D eigenvalue weighted by atomic mass is 9.81. The Morgan fingerprint density at radius 3 is 2.62 bits per heavy atom. The summed E-state index contributed by atoms with van der Waals surface area (Å²) in [5.74, 6) is 0. The molecule has 0 aliphatic carbocycles. The van der Waals surface area contributed by atoms with Crippen LogP contribution in [0.1, 0.15) is 12.5 Å². The number of ether oxygens (including phenoxy) is 1. The summed E-state index contributed by atoms with van der Waals surface area (Å²) in [4.78, 5) is 0. The van der Waals surface area contributed by atoms with Crippen molar-refractivity contribution in [1.82, 2.24) is 0 Å². The second-order valence-electron chi connectivity index (χ2n) is 3.79. The van der Waals surface area contributed by atoms with Gasteiger partial charge >= 0.3 is 0 Å². The number of hydrogen-bond donors (Lipinski definition) is 1. The first-order valence-corrected chi connectivity index (χ1v) is 4.63. The first-order valence-electron chi connectivity index (χ1n) is 4.25. The minimum atomic E-state index is 0.0881.